The first kappa shape index (κ1) is 19.6. The number of rotatable bonds is 5. The lowest BCUT2D eigenvalue weighted by atomic mass is 10.2. The average molecular weight is 435 g/mol. The molecule has 32 heavy (non-hydrogen) atoms. The van der Waals surface area contributed by atoms with Gasteiger partial charge in [0.1, 0.15) is 18.8 Å². The molecule has 0 fully saturated rings. The predicted octanol–water partition coefficient (Wildman–Crippen LogP) is 3.98. The summed E-state index contributed by atoms with van der Waals surface area (Å²) in [6.45, 7) is 0.949. The van der Waals surface area contributed by atoms with E-state index in [2.05, 4.69) is 25.9 Å². The summed E-state index contributed by atoms with van der Waals surface area (Å²) in [5, 5.41) is 9.22. The van der Waals surface area contributed by atoms with Crippen LogP contribution in [0.3, 0.4) is 0 Å². The van der Waals surface area contributed by atoms with Gasteiger partial charge < -0.3 is 29.8 Å². The summed E-state index contributed by atoms with van der Waals surface area (Å²) in [5.74, 6) is 0.716. The number of benzene rings is 2. The van der Waals surface area contributed by atoms with E-state index in [-0.39, 0.29) is 23.4 Å². The number of ether oxygens (including phenoxy) is 2. The maximum absolute atomic E-state index is 14.3. The lowest BCUT2D eigenvalue weighted by Gasteiger charge is -2.19. The van der Waals surface area contributed by atoms with Crippen LogP contribution in [0.1, 0.15) is 10.6 Å². The van der Waals surface area contributed by atoms with Gasteiger partial charge in [-0.15, -0.1) is 0 Å². The van der Waals surface area contributed by atoms with E-state index in [9.17, 15) is 9.18 Å². The number of carbonyl (C=O) groups excluding carboxylic acids is 1. The molecule has 4 aromatic rings. The summed E-state index contributed by atoms with van der Waals surface area (Å²) in [7, 11) is 1.53. The molecule has 2 aromatic heterocycles. The van der Waals surface area contributed by atoms with Crippen LogP contribution in [0.4, 0.5) is 27.5 Å². The molecule has 10 heteroatoms. The van der Waals surface area contributed by atoms with Crippen molar-refractivity contribution >= 4 is 40.0 Å². The van der Waals surface area contributed by atoms with Crippen molar-refractivity contribution < 1.29 is 23.1 Å². The summed E-state index contributed by atoms with van der Waals surface area (Å²) in [6, 6.07) is 12.1. The molecule has 0 radical (unpaired) electrons. The number of hydrogen-bond acceptors (Lipinski definition) is 8. The number of nitrogens with zero attached hydrogens (tertiary/aromatic N) is 2. The van der Waals surface area contributed by atoms with Crippen molar-refractivity contribution in [1.82, 2.24) is 15.3 Å². The molecular formula is C22H18FN5O4. The van der Waals surface area contributed by atoms with E-state index in [0.29, 0.717) is 41.7 Å². The minimum atomic E-state index is -0.606. The second kappa shape index (κ2) is 8.06. The number of anilines is 4. The lowest BCUT2D eigenvalue weighted by Crippen LogP contribution is -2.16. The molecule has 3 N–H and O–H groups in total. The van der Waals surface area contributed by atoms with Crippen molar-refractivity contribution in [3.63, 3.8) is 0 Å². The first-order valence-electron chi connectivity index (χ1n) is 9.81. The Morgan fingerprint density at radius 3 is 2.62 bits per heavy atom. The van der Waals surface area contributed by atoms with Gasteiger partial charge >= 0.3 is 0 Å². The zero-order chi connectivity index (χ0) is 22.1. The van der Waals surface area contributed by atoms with Gasteiger partial charge in [0, 0.05) is 29.9 Å². The van der Waals surface area contributed by atoms with E-state index >= 15 is 0 Å². The molecule has 1 aliphatic rings. The standard InChI is InChI=1S/C22H18FN5O4/c1-24-21(29)19-9-12-8-13(2-4-16(12)32-19)27-22-25-11-15(23)20(28-22)26-14-3-5-17-18(10-14)31-7-6-30-17/h2-5,8-11H,6-7H2,1H3,(H,24,29)(H2,25,26,27,28). The number of hydrogen-bond donors (Lipinski definition) is 3. The fraction of sp³-hybridized carbons (Fsp3) is 0.136. The Balaban J connectivity index is 1.37. The van der Waals surface area contributed by atoms with E-state index in [0.717, 1.165) is 11.6 Å². The molecule has 3 heterocycles. The molecule has 0 unspecified atom stereocenters. The zero-order valence-electron chi connectivity index (χ0n) is 16.9. The van der Waals surface area contributed by atoms with Crippen LogP contribution in [0.2, 0.25) is 0 Å². The Morgan fingerprint density at radius 2 is 1.78 bits per heavy atom. The lowest BCUT2D eigenvalue weighted by molar-refractivity contribution is 0.0938. The van der Waals surface area contributed by atoms with Crippen molar-refractivity contribution in [2.45, 2.75) is 0 Å². The van der Waals surface area contributed by atoms with E-state index in [1.165, 1.54) is 7.05 Å². The van der Waals surface area contributed by atoms with Crippen LogP contribution in [0.25, 0.3) is 11.0 Å². The van der Waals surface area contributed by atoms with Gasteiger partial charge in [-0.3, -0.25) is 4.79 Å². The first-order chi connectivity index (χ1) is 15.6. The number of fused-ring (bicyclic) bond motifs is 2. The third kappa shape index (κ3) is 3.85. The predicted molar refractivity (Wildman–Crippen MR) is 116 cm³/mol. The third-order valence-corrected chi connectivity index (χ3v) is 4.77. The highest BCUT2D eigenvalue weighted by molar-refractivity contribution is 5.96. The molecule has 9 nitrogen and oxygen atoms in total. The second-order valence-electron chi connectivity index (χ2n) is 6.94. The van der Waals surface area contributed by atoms with Crippen LogP contribution < -0.4 is 25.4 Å². The van der Waals surface area contributed by atoms with Crippen molar-refractivity contribution in [2.24, 2.45) is 0 Å². The first-order valence-corrected chi connectivity index (χ1v) is 9.81. The quantitative estimate of drug-likeness (QED) is 0.432. The Hall–Kier alpha value is -4.34. The van der Waals surface area contributed by atoms with Gasteiger partial charge in [0.15, 0.2) is 28.9 Å². The summed E-state index contributed by atoms with van der Waals surface area (Å²) >= 11 is 0. The minimum absolute atomic E-state index is 0.00506. The van der Waals surface area contributed by atoms with Crippen LogP contribution in [-0.4, -0.2) is 36.1 Å². The van der Waals surface area contributed by atoms with Crippen LogP contribution in [0, 0.1) is 5.82 Å². The summed E-state index contributed by atoms with van der Waals surface area (Å²) in [6.07, 6.45) is 1.08. The molecule has 5 rings (SSSR count). The topological polar surface area (TPSA) is 111 Å². The molecule has 0 saturated heterocycles. The number of furan rings is 1. The Bertz CT molecular complexity index is 1320. The van der Waals surface area contributed by atoms with Gasteiger partial charge in [-0.1, -0.05) is 0 Å². The molecule has 0 spiro atoms. The Labute approximate surface area is 181 Å². The maximum Gasteiger partial charge on any atom is 0.286 e. The molecular weight excluding hydrogens is 417 g/mol. The normalized spacial score (nSPS) is 12.4. The second-order valence-corrected chi connectivity index (χ2v) is 6.94. The summed E-state index contributed by atoms with van der Waals surface area (Å²) in [4.78, 5) is 20.0. The van der Waals surface area contributed by atoms with Gasteiger partial charge in [-0.25, -0.2) is 9.37 Å². The number of amides is 1. The molecule has 0 atom stereocenters. The summed E-state index contributed by atoms with van der Waals surface area (Å²) < 4.78 is 30.9. The number of halogens is 1. The molecule has 2 aromatic carbocycles. The molecule has 1 aliphatic heterocycles. The van der Waals surface area contributed by atoms with Crippen molar-refractivity contribution in [1.29, 1.82) is 0 Å². The van der Waals surface area contributed by atoms with Crippen molar-refractivity contribution in [3.8, 4) is 11.5 Å². The van der Waals surface area contributed by atoms with E-state index < -0.39 is 5.82 Å². The fourth-order valence-electron chi connectivity index (χ4n) is 3.26. The number of aromatic nitrogens is 2. The molecule has 0 saturated carbocycles. The Morgan fingerprint density at radius 1 is 1.00 bits per heavy atom. The highest BCUT2D eigenvalue weighted by Gasteiger charge is 2.14. The van der Waals surface area contributed by atoms with E-state index in [4.69, 9.17) is 13.9 Å². The van der Waals surface area contributed by atoms with Gasteiger partial charge in [0.25, 0.3) is 5.91 Å². The highest BCUT2D eigenvalue weighted by Crippen LogP contribution is 2.34. The Kier molecular flexibility index (Phi) is 4.94. The van der Waals surface area contributed by atoms with Gasteiger partial charge in [0.2, 0.25) is 5.95 Å². The maximum atomic E-state index is 14.3. The molecule has 0 bridgehead atoms. The average Bonchev–Trinajstić information content (AvgIpc) is 3.24. The van der Waals surface area contributed by atoms with Crippen LogP contribution in [-0.2, 0) is 0 Å². The van der Waals surface area contributed by atoms with Crippen LogP contribution >= 0.6 is 0 Å². The van der Waals surface area contributed by atoms with Crippen LogP contribution in [0.15, 0.2) is 53.1 Å². The zero-order valence-corrected chi connectivity index (χ0v) is 16.9. The smallest absolute Gasteiger partial charge is 0.286 e. The molecule has 0 aliphatic carbocycles. The monoisotopic (exact) mass is 435 g/mol. The van der Waals surface area contributed by atoms with Crippen molar-refractivity contribution in [2.75, 3.05) is 30.9 Å². The van der Waals surface area contributed by atoms with Gasteiger partial charge in [-0.2, -0.15) is 4.98 Å². The highest BCUT2D eigenvalue weighted by atomic mass is 19.1. The third-order valence-electron chi connectivity index (χ3n) is 4.77. The number of carbonyl (C=O) groups is 1. The van der Waals surface area contributed by atoms with Gasteiger partial charge in [-0.05, 0) is 36.4 Å². The number of nitrogens with one attached hydrogen (secondary N) is 3. The van der Waals surface area contributed by atoms with E-state index in [1.54, 1.807) is 42.5 Å². The summed E-state index contributed by atoms with van der Waals surface area (Å²) in [5.41, 5.74) is 1.81. The minimum Gasteiger partial charge on any atom is -0.486 e. The molecule has 1 amide bonds. The van der Waals surface area contributed by atoms with Gasteiger partial charge in [0.05, 0.1) is 6.20 Å². The van der Waals surface area contributed by atoms with E-state index in [1.807, 2.05) is 0 Å². The fourth-order valence-corrected chi connectivity index (χ4v) is 3.26. The van der Waals surface area contributed by atoms with Crippen molar-refractivity contribution in [3.05, 3.63) is 60.2 Å². The SMILES string of the molecule is CNC(=O)c1cc2cc(Nc3ncc(F)c(Nc4ccc5c(c4)OCCO5)n3)ccc2o1. The largest absolute Gasteiger partial charge is 0.486 e. The molecule has 162 valence electrons. The van der Waals surface area contributed by atoms with Crippen LogP contribution in [0.5, 0.6) is 11.5 Å².